The van der Waals surface area contributed by atoms with Crippen molar-refractivity contribution in [2.24, 2.45) is 5.41 Å². The van der Waals surface area contributed by atoms with E-state index in [2.05, 4.69) is 18.8 Å². The van der Waals surface area contributed by atoms with Gasteiger partial charge in [0.2, 0.25) is 5.88 Å². The van der Waals surface area contributed by atoms with Gasteiger partial charge in [0.15, 0.2) is 5.78 Å². The number of hydrogen-bond donors (Lipinski definition) is 1. The van der Waals surface area contributed by atoms with E-state index in [4.69, 9.17) is 21.7 Å². The van der Waals surface area contributed by atoms with Gasteiger partial charge in [-0.1, -0.05) is 61.8 Å². The van der Waals surface area contributed by atoms with E-state index in [0.29, 0.717) is 40.6 Å². The molecular formula is C25H22ClN3O2. The van der Waals surface area contributed by atoms with Gasteiger partial charge in [0.1, 0.15) is 17.6 Å². The molecule has 0 amide bonds. The monoisotopic (exact) mass is 431 g/mol. The Labute approximate surface area is 185 Å². The fourth-order valence-electron chi connectivity index (χ4n) is 4.56. The van der Waals surface area contributed by atoms with E-state index in [1.54, 1.807) is 23.0 Å². The molecule has 0 bridgehead atoms. The zero-order valence-corrected chi connectivity index (χ0v) is 18.1. The quantitative estimate of drug-likeness (QED) is 0.608. The third-order valence-electron chi connectivity index (χ3n) is 5.91. The normalized spacial score (nSPS) is 19.5. The number of nitrogens with zero attached hydrogens (tertiary/aromatic N) is 2. The summed E-state index contributed by atoms with van der Waals surface area (Å²) in [6.07, 6.45) is 2.70. The molecule has 0 saturated carbocycles. The molecule has 1 unspecified atom stereocenters. The molecule has 1 aliphatic heterocycles. The maximum atomic E-state index is 13.3. The van der Waals surface area contributed by atoms with E-state index < -0.39 is 5.92 Å². The molecule has 1 N–H and O–H groups in total. The van der Waals surface area contributed by atoms with Gasteiger partial charge in [-0.05, 0) is 29.2 Å². The highest BCUT2D eigenvalue weighted by molar-refractivity contribution is 6.30. The zero-order chi connectivity index (χ0) is 21.8. The lowest BCUT2D eigenvalue weighted by Gasteiger charge is -2.37. The number of ketones is 1. The number of rotatable bonds is 2. The highest BCUT2D eigenvalue weighted by Gasteiger charge is 2.43. The van der Waals surface area contributed by atoms with Gasteiger partial charge in [0.25, 0.3) is 0 Å². The average Bonchev–Trinajstić information content (AvgIpc) is 2.72. The van der Waals surface area contributed by atoms with Crippen LogP contribution in [0.25, 0.3) is 5.69 Å². The molecule has 3 aromatic rings. The van der Waals surface area contributed by atoms with Crippen LogP contribution in [0, 0.1) is 10.8 Å². The molecule has 0 fully saturated rings. The predicted molar refractivity (Wildman–Crippen MR) is 118 cm³/mol. The number of nitrogens with one attached hydrogen (secondary N) is 1. The molecule has 156 valence electrons. The topological polar surface area (TPSA) is 68.0 Å². The van der Waals surface area contributed by atoms with Crippen molar-refractivity contribution < 1.29 is 9.53 Å². The third kappa shape index (κ3) is 3.39. The minimum absolute atomic E-state index is 0.0725. The number of carbonyl (C=O) groups is 1. The van der Waals surface area contributed by atoms with E-state index in [1.165, 1.54) is 0 Å². The summed E-state index contributed by atoms with van der Waals surface area (Å²) < 4.78 is 7.85. The Kier molecular flexibility index (Phi) is 4.59. The lowest BCUT2D eigenvalue weighted by Crippen LogP contribution is -2.37. The van der Waals surface area contributed by atoms with Crippen LogP contribution in [0.15, 0.2) is 72.3 Å². The fourth-order valence-corrected chi connectivity index (χ4v) is 4.75. The molecule has 1 atom stereocenters. The van der Waals surface area contributed by atoms with Crippen LogP contribution in [0.4, 0.5) is 0 Å². The average molecular weight is 432 g/mol. The van der Waals surface area contributed by atoms with Crippen LogP contribution in [0.2, 0.25) is 5.02 Å². The summed E-state index contributed by atoms with van der Waals surface area (Å²) in [7, 11) is 0. The molecule has 1 aliphatic carbocycles. The smallest absolute Gasteiger partial charge is 0.228 e. The van der Waals surface area contributed by atoms with E-state index in [9.17, 15) is 4.79 Å². The van der Waals surface area contributed by atoms with E-state index in [0.717, 1.165) is 11.3 Å². The molecule has 2 aromatic carbocycles. The van der Waals surface area contributed by atoms with Crippen LogP contribution in [0.1, 0.15) is 43.7 Å². The first-order valence-electron chi connectivity index (χ1n) is 10.3. The molecule has 31 heavy (non-hydrogen) atoms. The lowest BCUT2D eigenvalue weighted by atomic mass is 9.70. The number of Topliss-reactive ketones (excluding diaryl/α,β-unsaturated/α-hetero) is 1. The van der Waals surface area contributed by atoms with E-state index in [-0.39, 0.29) is 16.7 Å². The Morgan fingerprint density at radius 2 is 1.90 bits per heavy atom. The largest absolute Gasteiger partial charge is 0.442 e. The SMILES string of the molecule is CC1(C)CC(=O)C2=C(C1)Oc1ncn(-c3cccc(Cl)c3)c(=N)c1C2c1ccccc1. The second-order valence-corrected chi connectivity index (χ2v) is 9.32. The second kappa shape index (κ2) is 7.20. The molecule has 5 rings (SSSR count). The van der Waals surface area contributed by atoms with Crippen molar-refractivity contribution in [3.8, 4) is 11.6 Å². The molecule has 2 aliphatic rings. The second-order valence-electron chi connectivity index (χ2n) is 8.89. The third-order valence-corrected chi connectivity index (χ3v) is 6.15. The van der Waals surface area contributed by atoms with E-state index >= 15 is 0 Å². The Balaban J connectivity index is 1.76. The van der Waals surface area contributed by atoms with Crippen molar-refractivity contribution in [2.75, 3.05) is 0 Å². The van der Waals surface area contributed by atoms with E-state index in [1.807, 2.05) is 42.5 Å². The van der Waals surface area contributed by atoms with Gasteiger partial charge in [0.05, 0.1) is 5.56 Å². The maximum Gasteiger partial charge on any atom is 0.228 e. The number of fused-ring (bicyclic) bond motifs is 1. The summed E-state index contributed by atoms with van der Waals surface area (Å²) in [5, 5.41) is 9.60. The molecule has 2 heterocycles. The highest BCUT2D eigenvalue weighted by atomic mass is 35.5. The molecular weight excluding hydrogens is 410 g/mol. The Hall–Kier alpha value is -3.18. The van der Waals surface area contributed by atoms with Gasteiger partial charge in [-0.3, -0.25) is 14.8 Å². The highest BCUT2D eigenvalue weighted by Crippen LogP contribution is 2.48. The minimum Gasteiger partial charge on any atom is -0.442 e. The summed E-state index contributed by atoms with van der Waals surface area (Å²) in [5.41, 5.74) is 2.98. The van der Waals surface area contributed by atoms with Crippen LogP contribution in [-0.4, -0.2) is 15.3 Å². The summed E-state index contributed by atoms with van der Waals surface area (Å²) in [4.78, 5) is 17.9. The number of allylic oxidation sites excluding steroid dienone is 2. The standard InChI is InChI=1S/C25H22ClN3O2/c1-25(2)12-18(30)21-19(13-25)31-24-22(20(21)15-7-4-3-5-8-15)23(27)29(14-28-24)17-10-6-9-16(26)11-17/h3-11,14,20,27H,12-13H2,1-2H3. The molecule has 0 spiro atoms. The predicted octanol–water partition coefficient (Wildman–Crippen LogP) is 5.17. The van der Waals surface area contributed by atoms with Gasteiger partial charge in [0, 0.05) is 35.0 Å². The zero-order valence-electron chi connectivity index (χ0n) is 17.4. The maximum absolute atomic E-state index is 13.3. The van der Waals surface area contributed by atoms with Gasteiger partial charge < -0.3 is 4.74 Å². The molecule has 0 radical (unpaired) electrons. The van der Waals surface area contributed by atoms with Crippen LogP contribution in [-0.2, 0) is 4.79 Å². The number of aromatic nitrogens is 2. The molecule has 0 saturated heterocycles. The van der Waals surface area contributed by atoms with Crippen LogP contribution in [0.5, 0.6) is 5.88 Å². The first-order valence-corrected chi connectivity index (χ1v) is 10.6. The number of benzene rings is 2. The Bertz CT molecular complexity index is 1290. The Morgan fingerprint density at radius 3 is 2.65 bits per heavy atom. The van der Waals surface area contributed by atoms with Gasteiger partial charge in [-0.15, -0.1) is 0 Å². The fraction of sp³-hybridized carbons (Fsp3) is 0.240. The van der Waals surface area contributed by atoms with Crippen molar-refractivity contribution in [1.29, 1.82) is 5.41 Å². The van der Waals surface area contributed by atoms with Crippen LogP contribution in [0.3, 0.4) is 0 Å². The number of halogens is 1. The summed E-state index contributed by atoms with van der Waals surface area (Å²) in [5.74, 6) is 0.745. The van der Waals surface area contributed by atoms with Crippen molar-refractivity contribution in [3.63, 3.8) is 0 Å². The van der Waals surface area contributed by atoms with Crippen LogP contribution >= 0.6 is 11.6 Å². The van der Waals surface area contributed by atoms with Gasteiger partial charge in [-0.25, -0.2) is 4.98 Å². The number of hydrogen-bond acceptors (Lipinski definition) is 4. The van der Waals surface area contributed by atoms with Gasteiger partial charge >= 0.3 is 0 Å². The molecule has 1 aromatic heterocycles. The van der Waals surface area contributed by atoms with Crippen molar-refractivity contribution >= 4 is 17.4 Å². The molecule has 5 nitrogen and oxygen atoms in total. The van der Waals surface area contributed by atoms with Crippen molar-refractivity contribution in [1.82, 2.24) is 9.55 Å². The number of ether oxygens (including phenoxy) is 1. The van der Waals surface area contributed by atoms with Crippen LogP contribution < -0.4 is 10.2 Å². The molecule has 6 heteroatoms. The Morgan fingerprint density at radius 1 is 1.13 bits per heavy atom. The summed E-state index contributed by atoms with van der Waals surface area (Å²) in [6.45, 7) is 4.15. The summed E-state index contributed by atoms with van der Waals surface area (Å²) in [6, 6.07) is 17.1. The summed E-state index contributed by atoms with van der Waals surface area (Å²) >= 11 is 6.18. The van der Waals surface area contributed by atoms with Crippen molar-refractivity contribution in [2.45, 2.75) is 32.6 Å². The van der Waals surface area contributed by atoms with Gasteiger partial charge in [-0.2, -0.15) is 0 Å². The lowest BCUT2D eigenvalue weighted by molar-refractivity contribution is -0.118. The number of carbonyl (C=O) groups excluding carboxylic acids is 1. The van der Waals surface area contributed by atoms with Crippen molar-refractivity contribution in [3.05, 3.63) is 93.9 Å². The first-order chi connectivity index (χ1) is 14.8. The minimum atomic E-state index is -0.393. The first kappa shape index (κ1) is 19.8.